The molecule has 0 saturated heterocycles. The molecule has 4 rings (SSSR count). The monoisotopic (exact) mass is 385 g/mol. The van der Waals surface area contributed by atoms with Crippen molar-refractivity contribution < 1.29 is 4.79 Å². The smallest absolute Gasteiger partial charge is 0.270 e. The van der Waals surface area contributed by atoms with Gasteiger partial charge < -0.3 is 5.32 Å². The van der Waals surface area contributed by atoms with Crippen LogP contribution in [0.2, 0.25) is 0 Å². The van der Waals surface area contributed by atoms with Gasteiger partial charge in [-0.2, -0.15) is 5.10 Å². The minimum absolute atomic E-state index is 0.121. The second-order valence-electron chi connectivity index (χ2n) is 7.99. The lowest BCUT2D eigenvalue weighted by atomic mass is 9.93. The van der Waals surface area contributed by atoms with Gasteiger partial charge in [-0.1, -0.05) is 57.2 Å². The van der Waals surface area contributed by atoms with E-state index in [2.05, 4.69) is 36.1 Å². The first-order valence-electron chi connectivity index (χ1n) is 9.56. The number of nitrogens with zero attached hydrogens (tertiary/aromatic N) is 4. The predicted molar refractivity (Wildman–Crippen MR) is 113 cm³/mol. The standard InChI is InChI=1S/C23H23N5O/c1-23(2,3)20-13-21-26-18(22(29)25-15-16-8-7-11-24-14-16)12-19(28(21)27-20)17-9-5-4-6-10-17/h4-14H,15H2,1-3H3,(H,25,29). The number of benzene rings is 1. The lowest BCUT2D eigenvalue weighted by molar-refractivity contribution is 0.0946. The maximum atomic E-state index is 12.8. The normalized spacial score (nSPS) is 11.6. The van der Waals surface area contributed by atoms with E-state index in [1.807, 2.05) is 53.0 Å². The van der Waals surface area contributed by atoms with Crippen molar-refractivity contribution in [2.75, 3.05) is 0 Å². The average Bonchev–Trinajstić information content (AvgIpc) is 3.17. The molecule has 29 heavy (non-hydrogen) atoms. The second kappa shape index (κ2) is 7.47. The van der Waals surface area contributed by atoms with Crippen molar-refractivity contribution in [3.8, 4) is 11.3 Å². The SMILES string of the molecule is CC(C)(C)c1cc2nc(C(=O)NCc3cccnc3)cc(-c3ccccc3)n2n1. The largest absolute Gasteiger partial charge is 0.347 e. The summed E-state index contributed by atoms with van der Waals surface area (Å²) in [4.78, 5) is 21.5. The summed E-state index contributed by atoms with van der Waals surface area (Å²) in [6.45, 7) is 6.72. The Hall–Kier alpha value is -3.54. The highest BCUT2D eigenvalue weighted by molar-refractivity contribution is 5.93. The summed E-state index contributed by atoms with van der Waals surface area (Å²) in [5.74, 6) is -0.230. The molecule has 0 aliphatic heterocycles. The van der Waals surface area contributed by atoms with Gasteiger partial charge in [-0.25, -0.2) is 9.50 Å². The summed E-state index contributed by atoms with van der Waals surface area (Å²) >= 11 is 0. The first-order chi connectivity index (χ1) is 13.9. The van der Waals surface area contributed by atoms with Gasteiger partial charge >= 0.3 is 0 Å². The predicted octanol–water partition coefficient (Wildman–Crippen LogP) is 4.02. The van der Waals surface area contributed by atoms with Gasteiger partial charge in [0, 0.05) is 36.0 Å². The van der Waals surface area contributed by atoms with Gasteiger partial charge in [-0.05, 0) is 17.7 Å². The van der Waals surface area contributed by atoms with Crippen molar-refractivity contribution >= 4 is 11.6 Å². The molecule has 0 radical (unpaired) electrons. The number of hydrogen-bond acceptors (Lipinski definition) is 4. The van der Waals surface area contributed by atoms with Gasteiger partial charge in [0.2, 0.25) is 0 Å². The molecule has 0 aliphatic rings. The Bertz CT molecular complexity index is 1140. The molecule has 0 bridgehead atoms. The van der Waals surface area contributed by atoms with Crippen LogP contribution in [-0.2, 0) is 12.0 Å². The minimum Gasteiger partial charge on any atom is -0.347 e. The van der Waals surface area contributed by atoms with Crippen LogP contribution in [0.1, 0.15) is 42.5 Å². The number of rotatable bonds is 4. The summed E-state index contributed by atoms with van der Waals surface area (Å²) < 4.78 is 1.81. The van der Waals surface area contributed by atoms with Gasteiger partial charge in [0.25, 0.3) is 5.91 Å². The molecule has 0 atom stereocenters. The van der Waals surface area contributed by atoms with Crippen LogP contribution in [0.4, 0.5) is 0 Å². The zero-order valence-corrected chi connectivity index (χ0v) is 16.8. The van der Waals surface area contributed by atoms with Gasteiger partial charge in [0.1, 0.15) is 5.69 Å². The molecule has 1 N–H and O–H groups in total. The summed E-state index contributed by atoms with van der Waals surface area (Å²) in [6, 6.07) is 17.4. The Kier molecular flexibility index (Phi) is 4.84. The van der Waals surface area contributed by atoms with Crippen molar-refractivity contribution in [1.82, 2.24) is 24.9 Å². The summed E-state index contributed by atoms with van der Waals surface area (Å²) in [7, 11) is 0. The van der Waals surface area contributed by atoms with Gasteiger partial charge in [-0.3, -0.25) is 9.78 Å². The van der Waals surface area contributed by atoms with Crippen LogP contribution in [0.3, 0.4) is 0 Å². The van der Waals surface area contributed by atoms with E-state index < -0.39 is 0 Å². The molecular formula is C23H23N5O. The molecule has 3 aromatic heterocycles. The Morgan fingerprint density at radius 2 is 1.86 bits per heavy atom. The minimum atomic E-state index is -0.230. The van der Waals surface area contributed by atoms with Gasteiger partial charge in [-0.15, -0.1) is 0 Å². The molecule has 1 amide bonds. The maximum Gasteiger partial charge on any atom is 0.270 e. The third-order valence-electron chi connectivity index (χ3n) is 4.67. The van der Waals surface area contributed by atoms with E-state index >= 15 is 0 Å². The van der Waals surface area contributed by atoms with Crippen molar-refractivity contribution in [3.63, 3.8) is 0 Å². The van der Waals surface area contributed by atoms with Crippen LogP contribution < -0.4 is 5.32 Å². The molecule has 1 aromatic carbocycles. The molecule has 0 saturated carbocycles. The zero-order valence-electron chi connectivity index (χ0n) is 16.8. The molecule has 0 unspecified atom stereocenters. The molecule has 146 valence electrons. The molecule has 0 aliphatic carbocycles. The fourth-order valence-corrected chi connectivity index (χ4v) is 3.05. The topological polar surface area (TPSA) is 72.2 Å². The summed E-state index contributed by atoms with van der Waals surface area (Å²) in [5, 5.41) is 7.69. The van der Waals surface area contributed by atoms with E-state index in [1.54, 1.807) is 18.5 Å². The molecule has 6 nitrogen and oxygen atoms in total. The van der Waals surface area contributed by atoms with Crippen LogP contribution in [0.15, 0.2) is 67.0 Å². The fraction of sp³-hybridized carbons (Fsp3) is 0.217. The summed E-state index contributed by atoms with van der Waals surface area (Å²) in [5.41, 5.74) is 4.56. The number of amides is 1. The van der Waals surface area contributed by atoms with Crippen LogP contribution in [0.5, 0.6) is 0 Å². The number of fused-ring (bicyclic) bond motifs is 1. The molecule has 3 heterocycles. The number of carbonyl (C=O) groups excluding carboxylic acids is 1. The van der Waals surface area contributed by atoms with Crippen LogP contribution in [0, 0.1) is 0 Å². The highest BCUT2D eigenvalue weighted by atomic mass is 16.1. The maximum absolute atomic E-state index is 12.8. The fourth-order valence-electron chi connectivity index (χ4n) is 3.05. The van der Waals surface area contributed by atoms with Gasteiger partial charge in [0.15, 0.2) is 5.65 Å². The van der Waals surface area contributed by atoms with Crippen molar-refractivity contribution in [3.05, 3.63) is 83.9 Å². The molecule has 6 heteroatoms. The third kappa shape index (κ3) is 4.01. The number of aromatic nitrogens is 4. The number of hydrogen-bond donors (Lipinski definition) is 1. The Balaban J connectivity index is 1.75. The first kappa shape index (κ1) is 18.8. The van der Waals surface area contributed by atoms with Crippen molar-refractivity contribution in [2.45, 2.75) is 32.7 Å². The summed E-state index contributed by atoms with van der Waals surface area (Å²) in [6.07, 6.45) is 3.44. The van der Waals surface area contributed by atoms with E-state index in [1.165, 1.54) is 0 Å². The molecule has 0 spiro atoms. The quantitative estimate of drug-likeness (QED) is 0.576. The zero-order chi connectivity index (χ0) is 20.4. The molecule has 4 aromatic rings. The highest BCUT2D eigenvalue weighted by Gasteiger charge is 2.21. The first-order valence-corrected chi connectivity index (χ1v) is 9.56. The molecular weight excluding hydrogens is 362 g/mol. The number of pyridine rings is 1. The van der Waals surface area contributed by atoms with Crippen molar-refractivity contribution in [1.29, 1.82) is 0 Å². The van der Waals surface area contributed by atoms with Crippen LogP contribution in [0.25, 0.3) is 16.9 Å². The van der Waals surface area contributed by atoms with E-state index in [0.29, 0.717) is 17.9 Å². The highest BCUT2D eigenvalue weighted by Crippen LogP contribution is 2.26. The average molecular weight is 385 g/mol. The van der Waals surface area contributed by atoms with Crippen LogP contribution >= 0.6 is 0 Å². The Labute approximate surface area is 169 Å². The van der Waals surface area contributed by atoms with E-state index in [4.69, 9.17) is 5.10 Å². The van der Waals surface area contributed by atoms with Crippen molar-refractivity contribution in [2.24, 2.45) is 0 Å². The second-order valence-corrected chi connectivity index (χ2v) is 7.99. The lowest BCUT2D eigenvalue weighted by Gasteiger charge is -2.13. The van der Waals surface area contributed by atoms with E-state index in [-0.39, 0.29) is 11.3 Å². The Morgan fingerprint density at radius 1 is 1.07 bits per heavy atom. The van der Waals surface area contributed by atoms with E-state index in [9.17, 15) is 4.79 Å². The number of carbonyl (C=O) groups is 1. The lowest BCUT2D eigenvalue weighted by Crippen LogP contribution is -2.24. The third-order valence-corrected chi connectivity index (χ3v) is 4.67. The van der Waals surface area contributed by atoms with Crippen LogP contribution in [-0.4, -0.2) is 25.5 Å². The van der Waals surface area contributed by atoms with Gasteiger partial charge in [0.05, 0.1) is 11.4 Å². The molecule has 0 fully saturated rings. The Morgan fingerprint density at radius 3 is 2.55 bits per heavy atom. The van der Waals surface area contributed by atoms with E-state index in [0.717, 1.165) is 22.5 Å². The number of nitrogens with one attached hydrogen (secondary N) is 1.